The van der Waals surface area contributed by atoms with E-state index in [1.165, 1.54) is 5.56 Å². The summed E-state index contributed by atoms with van der Waals surface area (Å²) in [6.07, 6.45) is 2.34. The van der Waals surface area contributed by atoms with Crippen LogP contribution < -0.4 is 4.74 Å². The second-order valence-corrected chi connectivity index (χ2v) is 4.72. The zero-order valence-electron chi connectivity index (χ0n) is 11.4. The molecule has 1 aromatic carbocycles. The van der Waals surface area contributed by atoms with Crippen LogP contribution in [0.3, 0.4) is 0 Å². The molecule has 4 nitrogen and oxygen atoms in total. The average molecular weight is 266 g/mol. The van der Waals surface area contributed by atoms with E-state index in [2.05, 4.69) is 0 Å². The fraction of sp³-hybridized carbons (Fsp3) is 0.600. The molecule has 0 spiro atoms. The first-order valence-corrected chi connectivity index (χ1v) is 6.81. The van der Waals surface area contributed by atoms with Crippen LogP contribution >= 0.6 is 0 Å². The van der Waals surface area contributed by atoms with Crippen LogP contribution in [-0.2, 0) is 15.9 Å². The highest BCUT2D eigenvalue weighted by molar-refractivity contribution is 5.39. The van der Waals surface area contributed by atoms with E-state index in [0.29, 0.717) is 26.4 Å². The molecule has 0 saturated heterocycles. The number of aryl methyl sites for hydroxylation is 1. The van der Waals surface area contributed by atoms with E-state index in [-0.39, 0.29) is 6.10 Å². The van der Waals surface area contributed by atoms with Crippen LogP contribution in [-0.4, -0.2) is 38.6 Å². The van der Waals surface area contributed by atoms with Crippen LogP contribution in [0.5, 0.6) is 5.75 Å². The van der Waals surface area contributed by atoms with Crippen molar-refractivity contribution in [1.82, 2.24) is 0 Å². The summed E-state index contributed by atoms with van der Waals surface area (Å²) in [6, 6.07) is 5.94. The molecular weight excluding hydrogens is 244 g/mol. The highest BCUT2D eigenvalue weighted by atomic mass is 16.5. The zero-order chi connectivity index (χ0) is 13.5. The lowest BCUT2D eigenvalue weighted by molar-refractivity contribution is 0.0644. The van der Waals surface area contributed by atoms with Gasteiger partial charge in [0, 0.05) is 20.1 Å². The van der Waals surface area contributed by atoms with Crippen molar-refractivity contribution in [3.8, 4) is 5.75 Å². The number of methoxy groups -OCH3 is 1. The largest absolute Gasteiger partial charge is 0.493 e. The van der Waals surface area contributed by atoms with Crippen LogP contribution in [0.15, 0.2) is 18.2 Å². The lowest BCUT2D eigenvalue weighted by atomic mass is 10.1. The summed E-state index contributed by atoms with van der Waals surface area (Å²) in [4.78, 5) is 0. The van der Waals surface area contributed by atoms with Gasteiger partial charge in [-0.3, -0.25) is 0 Å². The molecule has 0 radical (unpaired) electrons. The second-order valence-electron chi connectivity index (χ2n) is 4.72. The Hall–Kier alpha value is -1.10. The Bertz CT molecular complexity index is 392. The van der Waals surface area contributed by atoms with Gasteiger partial charge in [0.25, 0.3) is 0 Å². The number of hydrogen-bond acceptors (Lipinski definition) is 4. The van der Waals surface area contributed by atoms with Crippen molar-refractivity contribution in [1.29, 1.82) is 0 Å². The van der Waals surface area contributed by atoms with Crippen molar-refractivity contribution in [3.05, 3.63) is 29.3 Å². The number of benzene rings is 1. The number of rotatable bonds is 8. The van der Waals surface area contributed by atoms with Crippen molar-refractivity contribution in [2.75, 3.05) is 33.5 Å². The SMILES string of the molecule is COCCOCCCOc1ccc2c(c1)CC[C@@H]2O. The van der Waals surface area contributed by atoms with Crippen LogP contribution in [0.4, 0.5) is 0 Å². The predicted octanol–water partition coefficient (Wildman–Crippen LogP) is 2.10. The van der Waals surface area contributed by atoms with Crippen LogP contribution in [0.1, 0.15) is 30.1 Å². The smallest absolute Gasteiger partial charge is 0.119 e. The molecule has 1 N–H and O–H groups in total. The molecule has 19 heavy (non-hydrogen) atoms. The number of fused-ring (bicyclic) bond motifs is 1. The summed E-state index contributed by atoms with van der Waals surface area (Å²) in [6.45, 7) is 2.60. The van der Waals surface area contributed by atoms with Gasteiger partial charge < -0.3 is 19.3 Å². The van der Waals surface area contributed by atoms with Crippen molar-refractivity contribution < 1.29 is 19.3 Å². The van der Waals surface area contributed by atoms with E-state index in [1.54, 1.807) is 7.11 Å². The third-order valence-electron chi connectivity index (χ3n) is 3.29. The molecule has 106 valence electrons. The Morgan fingerprint density at radius 3 is 2.95 bits per heavy atom. The highest BCUT2D eigenvalue weighted by Gasteiger charge is 2.20. The van der Waals surface area contributed by atoms with Crippen LogP contribution in [0.25, 0.3) is 0 Å². The minimum absolute atomic E-state index is 0.293. The Balaban J connectivity index is 1.67. The van der Waals surface area contributed by atoms with E-state index in [0.717, 1.165) is 30.6 Å². The Morgan fingerprint density at radius 2 is 2.11 bits per heavy atom. The maximum atomic E-state index is 9.72. The number of ether oxygens (including phenoxy) is 3. The third kappa shape index (κ3) is 4.20. The highest BCUT2D eigenvalue weighted by Crippen LogP contribution is 2.33. The summed E-state index contributed by atoms with van der Waals surface area (Å²) >= 11 is 0. The van der Waals surface area contributed by atoms with Gasteiger partial charge >= 0.3 is 0 Å². The van der Waals surface area contributed by atoms with Crippen LogP contribution in [0.2, 0.25) is 0 Å². The standard InChI is InChI=1S/C15H22O4/c1-17-9-10-18-7-2-8-19-13-4-5-14-12(11-13)3-6-15(14)16/h4-5,11,15-16H,2-3,6-10H2,1H3/t15-/m0/s1. The molecule has 0 bridgehead atoms. The van der Waals surface area contributed by atoms with Crippen LogP contribution in [0, 0.1) is 0 Å². The molecular formula is C15H22O4. The zero-order valence-corrected chi connectivity index (χ0v) is 11.4. The van der Waals surface area contributed by atoms with Crippen molar-refractivity contribution in [2.24, 2.45) is 0 Å². The van der Waals surface area contributed by atoms with Gasteiger partial charge in [-0.1, -0.05) is 6.07 Å². The molecule has 1 atom stereocenters. The monoisotopic (exact) mass is 266 g/mol. The summed E-state index contributed by atoms with van der Waals surface area (Å²) in [5.74, 6) is 0.879. The molecule has 0 heterocycles. The topological polar surface area (TPSA) is 47.9 Å². The number of aliphatic hydroxyl groups is 1. The first kappa shape index (κ1) is 14.3. The van der Waals surface area contributed by atoms with Gasteiger partial charge in [0.2, 0.25) is 0 Å². The quantitative estimate of drug-likeness (QED) is 0.732. The minimum atomic E-state index is -0.293. The van der Waals surface area contributed by atoms with Gasteiger partial charge in [-0.25, -0.2) is 0 Å². The molecule has 0 saturated carbocycles. The summed E-state index contributed by atoms with van der Waals surface area (Å²) in [5.41, 5.74) is 2.26. The predicted molar refractivity (Wildman–Crippen MR) is 72.5 cm³/mol. The van der Waals surface area contributed by atoms with E-state index in [1.807, 2.05) is 18.2 Å². The molecule has 4 heteroatoms. The molecule has 0 amide bonds. The summed E-state index contributed by atoms with van der Waals surface area (Å²) < 4.78 is 15.9. The third-order valence-corrected chi connectivity index (χ3v) is 3.29. The molecule has 1 aliphatic rings. The fourth-order valence-electron chi connectivity index (χ4n) is 2.26. The normalized spacial score (nSPS) is 17.5. The molecule has 0 aromatic heterocycles. The summed E-state index contributed by atoms with van der Waals surface area (Å²) in [7, 11) is 1.66. The minimum Gasteiger partial charge on any atom is -0.493 e. The number of hydrogen-bond donors (Lipinski definition) is 1. The maximum Gasteiger partial charge on any atom is 0.119 e. The van der Waals surface area contributed by atoms with Crippen molar-refractivity contribution >= 4 is 0 Å². The van der Waals surface area contributed by atoms with E-state index >= 15 is 0 Å². The lowest BCUT2D eigenvalue weighted by Crippen LogP contribution is -2.06. The van der Waals surface area contributed by atoms with Gasteiger partial charge in [-0.2, -0.15) is 0 Å². The van der Waals surface area contributed by atoms with E-state index in [9.17, 15) is 5.11 Å². The lowest BCUT2D eigenvalue weighted by Gasteiger charge is -2.09. The maximum absolute atomic E-state index is 9.72. The van der Waals surface area contributed by atoms with Crippen molar-refractivity contribution in [2.45, 2.75) is 25.4 Å². The Kier molecular flexibility index (Phi) is 5.63. The average Bonchev–Trinajstić information content (AvgIpc) is 2.79. The van der Waals surface area contributed by atoms with Gasteiger partial charge in [0.1, 0.15) is 5.75 Å². The molecule has 1 aromatic rings. The summed E-state index contributed by atoms with van der Waals surface area (Å²) in [5, 5.41) is 9.72. The number of aliphatic hydroxyl groups excluding tert-OH is 1. The Labute approximate surface area is 114 Å². The molecule has 1 aliphatic carbocycles. The first-order chi connectivity index (χ1) is 9.31. The molecule has 0 unspecified atom stereocenters. The molecule has 2 rings (SSSR count). The van der Waals surface area contributed by atoms with Gasteiger partial charge in [-0.15, -0.1) is 0 Å². The Morgan fingerprint density at radius 1 is 1.21 bits per heavy atom. The first-order valence-electron chi connectivity index (χ1n) is 6.81. The van der Waals surface area contributed by atoms with Gasteiger partial charge in [0.15, 0.2) is 0 Å². The van der Waals surface area contributed by atoms with Crippen molar-refractivity contribution in [3.63, 3.8) is 0 Å². The van der Waals surface area contributed by atoms with Gasteiger partial charge in [-0.05, 0) is 36.1 Å². The molecule has 0 fully saturated rings. The molecule has 0 aliphatic heterocycles. The fourth-order valence-corrected chi connectivity index (χ4v) is 2.26. The second kappa shape index (κ2) is 7.48. The van der Waals surface area contributed by atoms with E-state index in [4.69, 9.17) is 14.2 Å². The van der Waals surface area contributed by atoms with E-state index < -0.39 is 0 Å². The van der Waals surface area contributed by atoms with Gasteiger partial charge in [0.05, 0.1) is 25.9 Å².